The van der Waals surface area contributed by atoms with Gasteiger partial charge in [-0.25, -0.2) is 8.42 Å². The van der Waals surface area contributed by atoms with E-state index in [1.54, 1.807) is 13.2 Å². The molecule has 0 unspecified atom stereocenters. The van der Waals surface area contributed by atoms with E-state index in [9.17, 15) is 8.42 Å². The zero-order valence-corrected chi connectivity index (χ0v) is 14.4. The van der Waals surface area contributed by atoms with Crippen LogP contribution in [0.2, 0.25) is 0 Å². The van der Waals surface area contributed by atoms with Gasteiger partial charge in [0.25, 0.3) is 0 Å². The van der Waals surface area contributed by atoms with Gasteiger partial charge in [0.05, 0.1) is 17.0 Å². The molecule has 5 nitrogen and oxygen atoms in total. The summed E-state index contributed by atoms with van der Waals surface area (Å²) in [4.78, 5) is 2.86. The van der Waals surface area contributed by atoms with Gasteiger partial charge in [0, 0.05) is 33.3 Å². The summed E-state index contributed by atoms with van der Waals surface area (Å²) in [6, 6.07) is 7.59. The summed E-state index contributed by atoms with van der Waals surface area (Å²) in [5.41, 5.74) is 0.631. The maximum absolute atomic E-state index is 13.1. The first-order valence-corrected chi connectivity index (χ1v) is 9.85. The van der Waals surface area contributed by atoms with Crippen LogP contribution in [0.4, 0.5) is 0 Å². The van der Waals surface area contributed by atoms with Gasteiger partial charge in [0.2, 0.25) is 10.0 Å². The molecule has 1 aromatic rings. The lowest BCUT2D eigenvalue weighted by atomic mass is 9.88. The van der Waals surface area contributed by atoms with E-state index in [4.69, 9.17) is 4.74 Å². The van der Waals surface area contributed by atoms with Crippen LogP contribution in [-0.2, 0) is 20.3 Å². The fourth-order valence-corrected chi connectivity index (χ4v) is 6.21. The minimum atomic E-state index is -3.36. The summed E-state index contributed by atoms with van der Waals surface area (Å²) in [5.74, 6) is 0.545. The molecule has 0 N–H and O–H groups in total. The van der Waals surface area contributed by atoms with Gasteiger partial charge in [-0.05, 0) is 36.8 Å². The monoisotopic (exact) mass is 336 g/mol. The Morgan fingerprint density at radius 1 is 1.30 bits per heavy atom. The van der Waals surface area contributed by atoms with Crippen molar-refractivity contribution in [1.29, 1.82) is 0 Å². The summed E-state index contributed by atoms with van der Waals surface area (Å²) in [6.07, 6.45) is 3.19. The van der Waals surface area contributed by atoms with Crippen LogP contribution < -0.4 is 0 Å². The highest BCUT2D eigenvalue weighted by Gasteiger charge is 2.57. The summed E-state index contributed by atoms with van der Waals surface area (Å²) < 4.78 is 33.2. The number of likely N-dealkylation sites (tertiary alicyclic amines) is 1. The maximum Gasteiger partial charge on any atom is 0.244 e. The van der Waals surface area contributed by atoms with Crippen molar-refractivity contribution in [3.63, 3.8) is 0 Å². The van der Waals surface area contributed by atoms with Gasteiger partial charge in [-0.3, -0.25) is 4.90 Å². The maximum atomic E-state index is 13.1. The molecule has 2 aliphatic heterocycles. The zero-order valence-electron chi connectivity index (χ0n) is 13.6. The predicted molar refractivity (Wildman–Crippen MR) is 87.7 cm³/mol. The Morgan fingerprint density at radius 3 is 2.83 bits per heavy atom. The zero-order chi connectivity index (χ0) is 16.1. The van der Waals surface area contributed by atoms with Crippen molar-refractivity contribution >= 4 is 10.0 Å². The Morgan fingerprint density at radius 2 is 2.09 bits per heavy atom. The highest BCUT2D eigenvalue weighted by atomic mass is 32.2. The van der Waals surface area contributed by atoms with E-state index < -0.39 is 10.0 Å². The first-order chi connectivity index (χ1) is 11.1. The molecule has 0 aromatic heterocycles. The molecule has 1 saturated heterocycles. The number of hydrogen-bond acceptors (Lipinski definition) is 4. The number of hydrogen-bond donors (Lipinski definition) is 0. The highest BCUT2D eigenvalue weighted by molar-refractivity contribution is 7.89. The lowest BCUT2D eigenvalue weighted by Gasteiger charge is -2.34. The van der Waals surface area contributed by atoms with Gasteiger partial charge in [0.15, 0.2) is 0 Å². The molecule has 23 heavy (non-hydrogen) atoms. The predicted octanol–water partition coefficient (Wildman–Crippen LogP) is 1.65. The Labute approximate surface area is 138 Å². The molecule has 0 radical (unpaired) electrons. The normalized spacial score (nSPS) is 30.1. The third-order valence-corrected chi connectivity index (χ3v) is 7.48. The van der Waals surface area contributed by atoms with Crippen molar-refractivity contribution in [2.24, 2.45) is 5.92 Å². The second kappa shape index (κ2) is 5.55. The quantitative estimate of drug-likeness (QED) is 0.820. The smallest absolute Gasteiger partial charge is 0.244 e. The SMILES string of the molecule is COCCN1CC[C@@]2(C1)c1ccccc1S(=O)(=O)N2CC1CC1. The minimum absolute atomic E-state index is 0.369. The summed E-state index contributed by atoms with van der Waals surface area (Å²) in [6.45, 7) is 3.92. The largest absolute Gasteiger partial charge is 0.383 e. The van der Waals surface area contributed by atoms with E-state index in [0.29, 0.717) is 24.0 Å². The molecule has 1 aliphatic carbocycles. The fraction of sp³-hybridized carbons (Fsp3) is 0.647. The molecule has 2 fully saturated rings. The van der Waals surface area contributed by atoms with Crippen molar-refractivity contribution in [3.05, 3.63) is 29.8 Å². The molecule has 1 aromatic carbocycles. The number of rotatable bonds is 5. The van der Waals surface area contributed by atoms with Gasteiger partial charge < -0.3 is 4.74 Å². The van der Waals surface area contributed by atoms with Crippen LogP contribution in [0.1, 0.15) is 24.8 Å². The van der Waals surface area contributed by atoms with Crippen molar-refractivity contribution in [2.75, 3.05) is 39.9 Å². The Kier molecular flexibility index (Phi) is 3.76. The number of fused-ring (bicyclic) bond motifs is 2. The first-order valence-electron chi connectivity index (χ1n) is 8.41. The van der Waals surface area contributed by atoms with Gasteiger partial charge in [-0.1, -0.05) is 18.2 Å². The molecule has 0 amide bonds. The molecule has 1 spiro atoms. The molecular formula is C17H24N2O3S. The fourth-order valence-electron chi connectivity index (χ4n) is 4.07. The van der Waals surface area contributed by atoms with Crippen LogP contribution in [0.3, 0.4) is 0 Å². The van der Waals surface area contributed by atoms with Gasteiger partial charge in [-0.2, -0.15) is 4.31 Å². The minimum Gasteiger partial charge on any atom is -0.383 e. The Hall–Kier alpha value is -0.950. The molecule has 3 aliphatic rings. The van der Waals surface area contributed by atoms with Crippen LogP contribution >= 0.6 is 0 Å². The molecule has 126 valence electrons. The van der Waals surface area contributed by atoms with Crippen molar-refractivity contribution in [1.82, 2.24) is 9.21 Å². The highest BCUT2D eigenvalue weighted by Crippen LogP contribution is 2.50. The number of ether oxygens (including phenoxy) is 1. The number of nitrogens with zero attached hydrogens (tertiary/aromatic N) is 2. The van der Waals surface area contributed by atoms with Crippen LogP contribution in [0, 0.1) is 5.92 Å². The van der Waals surface area contributed by atoms with Crippen molar-refractivity contribution in [2.45, 2.75) is 29.7 Å². The Bertz CT molecular complexity index is 702. The van der Waals surface area contributed by atoms with Gasteiger partial charge in [-0.15, -0.1) is 0 Å². The number of methoxy groups -OCH3 is 1. The molecule has 0 bridgehead atoms. The van der Waals surface area contributed by atoms with E-state index in [1.807, 2.05) is 22.5 Å². The van der Waals surface area contributed by atoms with Crippen LogP contribution in [-0.4, -0.2) is 57.5 Å². The average molecular weight is 336 g/mol. The molecule has 2 heterocycles. The van der Waals surface area contributed by atoms with E-state index in [1.165, 1.54) is 0 Å². The third-order valence-electron chi connectivity index (χ3n) is 5.49. The molecule has 6 heteroatoms. The van der Waals surface area contributed by atoms with E-state index in [-0.39, 0.29) is 5.54 Å². The molecular weight excluding hydrogens is 312 g/mol. The third kappa shape index (κ3) is 2.43. The topological polar surface area (TPSA) is 49.9 Å². The second-order valence-corrected chi connectivity index (χ2v) is 8.86. The standard InChI is InChI=1S/C17H24N2O3S/c1-22-11-10-18-9-8-17(13-18)15-4-2-3-5-16(15)23(20,21)19(17)12-14-6-7-14/h2-5,14H,6-13H2,1H3/t17-/m1/s1. The lowest BCUT2D eigenvalue weighted by molar-refractivity contribution is 0.143. The van der Waals surface area contributed by atoms with Crippen LogP contribution in [0.15, 0.2) is 29.2 Å². The van der Waals surface area contributed by atoms with E-state index >= 15 is 0 Å². The average Bonchev–Trinajstić information content (AvgIpc) is 3.25. The second-order valence-electron chi connectivity index (χ2n) is 7.03. The molecule has 1 saturated carbocycles. The molecule has 4 rings (SSSR count). The van der Waals surface area contributed by atoms with Gasteiger partial charge in [0.1, 0.15) is 0 Å². The van der Waals surface area contributed by atoms with Crippen molar-refractivity contribution in [3.8, 4) is 0 Å². The van der Waals surface area contributed by atoms with E-state index in [2.05, 4.69) is 4.90 Å². The van der Waals surface area contributed by atoms with Crippen LogP contribution in [0.5, 0.6) is 0 Å². The Balaban J connectivity index is 1.73. The van der Waals surface area contributed by atoms with Crippen LogP contribution in [0.25, 0.3) is 0 Å². The van der Waals surface area contributed by atoms with E-state index in [0.717, 1.165) is 44.5 Å². The summed E-state index contributed by atoms with van der Waals surface area (Å²) >= 11 is 0. The van der Waals surface area contributed by atoms with Gasteiger partial charge >= 0.3 is 0 Å². The number of sulfonamides is 1. The first kappa shape index (κ1) is 15.6. The molecule has 1 atom stereocenters. The summed E-state index contributed by atoms with van der Waals surface area (Å²) in [5, 5.41) is 0. The summed E-state index contributed by atoms with van der Waals surface area (Å²) in [7, 11) is -1.65. The number of benzene rings is 1. The lowest BCUT2D eigenvalue weighted by Crippen LogP contribution is -2.47. The van der Waals surface area contributed by atoms with Crippen molar-refractivity contribution < 1.29 is 13.2 Å².